The van der Waals surface area contributed by atoms with Gasteiger partial charge in [-0.15, -0.1) is 0 Å². The third-order valence-electron chi connectivity index (χ3n) is 2.82. The summed E-state index contributed by atoms with van der Waals surface area (Å²) in [5, 5.41) is 3.16. The smallest absolute Gasteiger partial charge is 0.130 e. The van der Waals surface area contributed by atoms with Crippen molar-refractivity contribution in [3.05, 3.63) is 35.4 Å². The van der Waals surface area contributed by atoms with Gasteiger partial charge in [-0.25, -0.2) is 8.78 Å². The van der Waals surface area contributed by atoms with Crippen LogP contribution in [0.4, 0.5) is 8.78 Å². The van der Waals surface area contributed by atoms with E-state index < -0.39 is 11.6 Å². The zero-order valence-corrected chi connectivity index (χ0v) is 10.7. The van der Waals surface area contributed by atoms with Crippen LogP contribution in [0, 0.1) is 11.6 Å². The topological polar surface area (TPSA) is 21.3 Å². The number of halogens is 2. The van der Waals surface area contributed by atoms with Gasteiger partial charge in [-0.3, -0.25) is 0 Å². The highest BCUT2D eigenvalue weighted by atomic mass is 19.1. The molecule has 1 rings (SSSR count). The van der Waals surface area contributed by atoms with E-state index in [0.717, 1.165) is 6.07 Å². The molecule has 0 saturated carbocycles. The van der Waals surface area contributed by atoms with Crippen molar-refractivity contribution in [2.45, 2.75) is 32.4 Å². The summed E-state index contributed by atoms with van der Waals surface area (Å²) < 4.78 is 31.5. The summed E-state index contributed by atoms with van der Waals surface area (Å²) in [5.41, 5.74) is 0.142. The summed E-state index contributed by atoms with van der Waals surface area (Å²) in [5.74, 6) is -1.09. The zero-order chi connectivity index (χ0) is 13.1. The third-order valence-corrected chi connectivity index (χ3v) is 2.82. The second-order valence-corrected chi connectivity index (χ2v) is 4.73. The quantitative estimate of drug-likeness (QED) is 0.858. The van der Waals surface area contributed by atoms with Gasteiger partial charge in [-0.1, -0.05) is 6.07 Å². The van der Waals surface area contributed by atoms with Gasteiger partial charge in [0.1, 0.15) is 11.6 Å². The summed E-state index contributed by atoms with van der Waals surface area (Å²) in [7, 11) is 1.63. The first kappa shape index (κ1) is 14.1. The number of ether oxygens (including phenoxy) is 1. The summed E-state index contributed by atoms with van der Waals surface area (Å²) in [6.45, 7) is 6.30. The van der Waals surface area contributed by atoms with Gasteiger partial charge in [0, 0.05) is 31.3 Å². The van der Waals surface area contributed by atoms with Crippen molar-refractivity contribution in [1.29, 1.82) is 0 Å². The number of methoxy groups -OCH3 is 1. The lowest BCUT2D eigenvalue weighted by atomic mass is 10.1. The number of hydrogen-bond acceptors (Lipinski definition) is 2. The van der Waals surface area contributed by atoms with Gasteiger partial charge in [0.15, 0.2) is 0 Å². The summed E-state index contributed by atoms with van der Waals surface area (Å²) in [4.78, 5) is 0. The zero-order valence-electron chi connectivity index (χ0n) is 10.7. The van der Waals surface area contributed by atoms with E-state index in [1.165, 1.54) is 12.1 Å². The standard InChI is InChI=1S/C13H19F2NO/c1-9(16-8-13(2,3)17-4)11-6-5-10(14)7-12(11)15/h5-7,9,16H,8H2,1-4H3. The Bertz CT molecular complexity index is 380. The molecule has 0 saturated heterocycles. The third kappa shape index (κ3) is 4.06. The fourth-order valence-electron chi connectivity index (χ4n) is 1.43. The first-order valence-electron chi connectivity index (χ1n) is 5.59. The summed E-state index contributed by atoms with van der Waals surface area (Å²) in [6.07, 6.45) is 0. The van der Waals surface area contributed by atoms with E-state index in [1.54, 1.807) is 7.11 Å². The van der Waals surface area contributed by atoms with E-state index in [2.05, 4.69) is 5.32 Å². The van der Waals surface area contributed by atoms with Gasteiger partial charge in [-0.05, 0) is 26.8 Å². The Kier molecular flexibility index (Phi) is 4.60. The van der Waals surface area contributed by atoms with Crippen molar-refractivity contribution >= 4 is 0 Å². The number of rotatable bonds is 5. The first-order valence-corrected chi connectivity index (χ1v) is 5.59. The first-order chi connectivity index (χ1) is 7.85. The Morgan fingerprint density at radius 1 is 1.35 bits per heavy atom. The predicted octanol–water partition coefficient (Wildman–Crippen LogP) is 3.04. The van der Waals surface area contributed by atoms with Crippen LogP contribution < -0.4 is 5.32 Å². The SMILES string of the molecule is COC(C)(C)CNC(C)c1ccc(F)cc1F. The van der Waals surface area contributed by atoms with Gasteiger partial charge in [-0.2, -0.15) is 0 Å². The fourth-order valence-corrected chi connectivity index (χ4v) is 1.43. The monoisotopic (exact) mass is 243 g/mol. The summed E-state index contributed by atoms with van der Waals surface area (Å²) >= 11 is 0. The molecule has 1 aromatic rings. The van der Waals surface area contributed by atoms with E-state index in [9.17, 15) is 8.78 Å². The van der Waals surface area contributed by atoms with Crippen molar-refractivity contribution in [2.75, 3.05) is 13.7 Å². The normalized spacial score (nSPS) is 13.8. The molecule has 0 aliphatic heterocycles. The molecular weight excluding hydrogens is 224 g/mol. The number of hydrogen-bond donors (Lipinski definition) is 1. The molecule has 0 bridgehead atoms. The second-order valence-electron chi connectivity index (χ2n) is 4.73. The molecule has 0 aromatic heterocycles. The maximum atomic E-state index is 13.5. The van der Waals surface area contributed by atoms with Crippen LogP contribution in [0.5, 0.6) is 0 Å². The van der Waals surface area contributed by atoms with Crippen LogP contribution in [-0.2, 0) is 4.74 Å². The number of nitrogens with one attached hydrogen (secondary N) is 1. The molecule has 0 aliphatic carbocycles. The Hall–Kier alpha value is -1.00. The Morgan fingerprint density at radius 2 is 2.00 bits per heavy atom. The molecule has 96 valence electrons. The molecule has 1 aromatic carbocycles. The van der Waals surface area contributed by atoms with Crippen LogP contribution in [0.25, 0.3) is 0 Å². The minimum absolute atomic E-state index is 0.190. The second kappa shape index (κ2) is 5.56. The van der Waals surface area contributed by atoms with Crippen LogP contribution in [-0.4, -0.2) is 19.3 Å². The molecule has 0 radical (unpaired) electrons. The van der Waals surface area contributed by atoms with Gasteiger partial charge >= 0.3 is 0 Å². The van der Waals surface area contributed by atoms with E-state index in [-0.39, 0.29) is 11.6 Å². The molecule has 0 spiro atoms. The van der Waals surface area contributed by atoms with Crippen molar-refractivity contribution in [2.24, 2.45) is 0 Å². The maximum Gasteiger partial charge on any atom is 0.130 e. The molecule has 0 aliphatic rings. The highest BCUT2D eigenvalue weighted by Crippen LogP contribution is 2.18. The minimum Gasteiger partial charge on any atom is -0.377 e. The molecule has 17 heavy (non-hydrogen) atoms. The van der Waals surface area contributed by atoms with Gasteiger partial charge in [0.25, 0.3) is 0 Å². The molecule has 1 N–H and O–H groups in total. The molecule has 0 fully saturated rings. The van der Waals surface area contributed by atoms with E-state index >= 15 is 0 Å². The van der Waals surface area contributed by atoms with Gasteiger partial charge in [0.2, 0.25) is 0 Å². The van der Waals surface area contributed by atoms with E-state index in [1.807, 2.05) is 20.8 Å². The maximum absolute atomic E-state index is 13.5. The predicted molar refractivity (Wildman–Crippen MR) is 63.9 cm³/mol. The van der Waals surface area contributed by atoms with Crippen LogP contribution in [0.15, 0.2) is 18.2 Å². The number of benzene rings is 1. The average molecular weight is 243 g/mol. The molecule has 0 amide bonds. The Balaban J connectivity index is 2.67. The molecule has 1 atom stereocenters. The Labute approximate surface area is 101 Å². The van der Waals surface area contributed by atoms with Crippen molar-refractivity contribution in [1.82, 2.24) is 5.32 Å². The highest BCUT2D eigenvalue weighted by Gasteiger charge is 2.18. The Morgan fingerprint density at radius 3 is 2.53 bits per heavy atom. The van der Waals surface area contributed by atoms with E-state index in [4.69, 9.17) is 4.74 Å². The molecule has 4 heteroatoms. The van der Waals surface area contributed by atoms with Gasteiger partial charge in [0.05, 0.1) is 5.60 Å². The van der Waals surface area contributed by atoms with Crippen molar-refractivity contribution in [3.8, 4) is 0 Å². The van der Waals surface area contributed by atoms with Crippen LogP contribution >= 0.6 is 0 Å². The lowest BCUT2D eigenvalue weighted by Crippen LogP contribution is -2.38. The van der Waals surface area contributed by atoms with Crippen LogP contribution in [0.2, 0.25) is 0 Å². The van der Waals surface area contributed by atoms with Crippen LogP contribution in [0.3, 0.4) is 0 Å². The lowest BCUT2D eigenvalue weighted by Gasteiger charge is -2.26. The molecular formula is C13H19F2NO. The molecule has 0 heterocycles. The van der Waals surface area contributed by atoms with Crippen LogP contribution in [0.1, 0.15) is 32.4 Å². The summed E-state index contributed by atoms with van der Waals surface area (Å²) in [6, 6.07) is 3.43. The van der Waals surface area contributed by atoms with Crippen molar-refractivity contribution in [3.63, 3.8) is 0 Å². The average Bonchev–Trinajstić information content (AvgIpc) is 2.26. The largest absolute Gasteiger partial charge is 0.377 e. The highest BCUT2D eigenvalue weighted by molar-refractivity contribution is 5.21. The minimum atomic E-state index is -0.560. The fraction of sp³-hybridized carbons (Fsp3) is 0.538. The van der Waals surface area contributed by atoms with Crippen molar-refractivity contribution < 1.29 is 13.5 Å². The molecule has 2 nitrogen and oxygen atoms in total. The van der Waals surface area contributed by atoms with Gasteiger partial charge < -0.3 is 10.1 Å². The van der Waals surface area contributed by atoms with E-state index in [0.29, 0.717) is 12.1 Å². The lowest BCUT2D eigenvalue weighted by molar-refractivity contribution is 0.0213. The molecule has 1 unspecified atom stereocenters.